The molecule has 0 unspecified atom stereocenters. The first-order chi connectivity index (χ1) is 11.5. The molecule has 0 spiro atoms. The Morgan fingerprint density at radius 2 is 1.71 bits per heavy atom. The summed E-state index contributed by atoms with van der Waals surface area (Å²) in [5.41, 5.74) is 4.45. The van der Waals surface area contributed by atoms with Crippen molar-refractivity contribution in [2.75, 3.05) is 32.8 Å². The van der Waals surface area contributed by atoms with Crippen LogP contribution in [0.15, 0.2) is 18.2 Å². The molecule has 1 aliphatic rings. The quantitative estimate of drug-likeness (QED) is 0.660. The predicted octanol–water partition coefficient (Wildman–Crippen LogP) is 0.566. The molecule has 0 aromatic heterocycles. The molecule has 132 valence electrons. The lowest BCUT2D eigenvalue weighted by molar-refractivity contribution is -0.135. The van der Waals surface area contributed by atoms with Gasteiger partial charge in [-0.05, 0) is 25.0 Å². The molecule has 6 nitrogen and oxygen atoms in total. The van der Waals surface area contributed by atoms with E-state index in [0.29, 0.717) is 26.1 Å². The molecular weight excluding hydrogens is 320 g/mol. The van der Waals surface area contributed by atoms with Crippen LogP contribution in [0.2, 0.25) is 0 Å². The first-order valence-electron chi connectivity index (χ1n) is 7.78. The molecule has 1 aromatic carbocycles. The van der Waals surface area contributed by atoms with Gasteiger partial charge in [-0.3, -0.25) is 9.59 Å². The van der Waals surface area contributed by atoms with E-state index in [4.69, 9.17) is 10.5 Å². The topological polar surface area (TPSA) is 93.5 Å². The second kappa shape index (κ2) is 8.16. The van der Waals surface area contributed by atoms with Crippen molar-refractivity contribution in [3.05, 3.63) is 35.4 Å². The standard InChI is InChI=1S/C16H21F2N3O3/c17-11-2-1-3-12(18)13(11)14(22)20-6-7-21-15(23)16(10-19)4-8-24-9-5-16/h1-3H,4-10,19H2,(H,20,22)(H,21,23). The van der Waals surface area contributed by atoms with Gasteiger partial charge in [-0.15, -0.1) is 0 Å². The number of rotatable bonds is 6. The van der Waals surface area contributed by atoms with Crippen molar-refractivity contribution in [1.29, 1.82) is 0 Å². The van der Waals surface area contributed by atoms with Crippen LogP contribution >= 0.6 is 0 Å². The molecule has 2 amide bonds. The molecule has 1 saturated heterocycles. The molecule has 0 saturated carbocycles. The van der Waals surface area contributed by atoms with E-state index >= 15 is 0 Å². The Balaban J connectivity index is 1.82. The number of nitrogens with two attached hydrogens (primary N) is 1. The number of nitrogens with one attached hydrogen (secondary N) is 2. The van der Waals surface area contributed by atoms with E-state index in [1.165, 1.54) is 6.07 Å². The van der Waals surface area contributed by atoms with Crippen LogP contribution in [-0.4, -0.2) is 44.7 Å². The molecular formula is C16H21F2N3O3. The molecule has 4 N–H and O–H groups in total. The number of ether oxygens (including phenoxy) is 1. The van der Waals surface area contributed by atoms with E-state index in [-0.39, 0.29) is 25.5 Å². The zero-order valence-electron chi connectivity index (χ0n) is 13.2. The number of halogens is 2. The molecule has 1 aromatic rings. The van der Waals surface area contributed by atoms with Gasteiger partial charge in [0, 0.05) is 32.8 Å². The fraction of sp³-hybridized carbons (Fsp3) is 0.500. The lowest BCUT2D eigenvalue weighted by Crippen LogP contribution is -2.50. The van der Waals surface area contributed by atoms with E-state index in [1.807, 2.05) is 0 Å². The lowest BCUT2D eigenvalue weighted by Gasteiger charge is -2.34. The van der Waals surface area contributed by atoms with Crippen molar-refractivity contribution < 1.29 is 23.1 Å². The van der Waals surface area contributed by atoms with Crippen LogP contribution in [0.3, 0.4) is 0 Å². The second-order valence-electron chi connectivity index (χ2n) is 5.71. The summed E-state index contributed by atoms with van der Waals surface area (Å²) in [4.78, 5) is 24.1. The van der Waals surface area contributed by atoms with Gasteiger partial charge in [0.25, 0.3) is 5.91 Å². The van der Waals surface area contributed by atoms with Gasteiger partial charge in [-0.25, -0.2) is 8.78 Å². The molecule has 0 bridgehead atoms. The van der Waals surface area contributed by atoms with Crippen molar-refractivity contribution >= 4 is 11.8 Å². The summed E-state index contributed by atoms with van der Waals surface area (Å²) in [6.45, 7) is 1.37. The average Bonchev–Trinajstić information content (AvgIpc) is 2.59. The molecule has 0 aliphatic carbocycles. The minimum absolute atomic E-state index is 0.0511. The largest absolute Gasteiger partial charge is 0.381 e. The maximum absolute atomic E-state index is 13.5. The summed E-state index contributed by atoms with van der Waals surface area (Å²) in [6.07, 6.45) is 1.09. The highest BCUT2D eigenvalue weighted by molar-refractivity contribution is 5.94. The minimum Gasteiger partial charge on any atom is -0.381 e. The van der Waals surface area contributed by atoms with E-state index in [2.05, 4.69) is 10.6 Å². The van der Waals surface area contributed by atoms with Crippen molar-refractivity contribution in [1.82, 2.24) is 10.6 Å². The van der Waals surface area contributed by atoms with Gasteiger partial charge in [0.1, 0.15) is 17.2 Å². The lowest BCUT2D eigenvalue weighted by atomic mass is 9.79. The molecule has 1 heterocycles. The molecule has 1 fully saturated rings. The Labute approximate surface area is 138 Å². The Bertz CT molecular complexity index is 584. The fourth-order valence-electron chi connectivity index (χ4n) is 2.63. The van der Waals surface area contributed by atoms with Crippen molar-refractivity contribution in [3.8, 4) is 0 Å². The molecule has 0 atom stereocenters. The van der Waals surface area contributed by atoms with Crippen LogP contribution in [-0.2, 0) is 9.53 Å². The molecule has 24 heavy (non-hydrogen) atoms. The van der Waals surface area contributed by atoms with E-state index in [1.54, 1.807) is 0 Å². The third-order valence-corrected chi connectivity index (χ3v) is 4.21. The van der Waals surface area contributed by atoms with Crippen molar-refractivity contribution in [3.63, 3.8) is 0 Å². The minimum atomic E-state index is -0.930. The highest BCUT2D eigenvalue weighted by Gasteiger charge is 2.38. The summed E-state index contributed by atoms with van der Waals surface area (Å²) >= 11 is 0. The second-order valence-corrected chi connectivity index (χ2v) is 5.71. The Hall–Kier alpha value is -2.06. The SMILES string of the molecule is NCC1(C(=O)NCCNC(=O)c2c(F)cccc2F)CCOCC1. The third-order valence-electron chi connectivity index (χ3n) is 4.21. The molecule has 0 radical (unpaired) electrons. The highest BCUT2D eigenvalue weighted by atomic mass is 19.1. The number of hydrogen-bond acceptors (Lipinski definition) is 4. The zero-order valence-corrected chi connectivity index (χ0v) is 13.2. The van der Waals surface area contributed by atoms with Crippen LogP contribution in [0.1, 0.15) is 23.2 Å². The van der Waals surface area contributed by atoms with Gasteiger partial charge >= 0.3 is 0 Å². The normalized spacial score (nSPS) is 16.5. The molecule has 8 heteroatoms. The summed E-state index contributed by atoms with van der Waals surface area (Å²) < 4.78 is 32.2. The Kier molecular flexibility index (Phi) is 6.22. The van der Waals surface area contributed by atoms with Crippen molar-refractivity contribution in [2.24, 2.45) is 11.1 Å². The van der Waals surface area contributed by atoms with Crippen LogP contribution in [0, 0.1) is 17.0 Å². The summed E-state index contributed by atoms with van der Waals surface area (Å²) in [5, 5.41) is 5.08. The highest BCUT2D eigenvalue weighted by Crippen LogP contribution is 2.29. The number of carbonyl (C=O) groups is 2. The number of benzene rings is 1. The maximum Gasteiger partial charge on any atom is 0.257 e. The van der Waals surface area contributed by atoms with Crippen LogP contribution in [0.4, 0.5) is 8.78 Å². The Morgan fingerprint density at radius 1 is 1.12 bits per heavy atom. The van der Waals surface area contributed by atoms with Gasteiger partial charge in [0.05, 0.1) is 5.41 Å². The first kappa shape index (κ1) is 18.3. The maximum atomic E-state index is 13.5. The summed E-state index contributed by atoms with van der Waals surface area (Å²) in [6, 6.07) is 3.20. The van der Waals surface area contributed by atoms with Crippen LogP contribution in [0.25, 0.3) is 0 Å². The Morgan fingerprint density at radius 3 is 2.29 bits per heavy atom. The van der Waals surface area contributed by atoms with Crippen LogP contribution < -0.4 is 16.4 Å². The van der Waals surface area contributed by atoms with Gasteiger partial charge in [-0.1, -0.05) is 6.07 Å². The van der Waals surface area contributed by atoms with Gasteiger partial charge < -0.3 is 21.1 Å². The fourth-order valence-corrected chi connectivity index (χ4v) is 2.63. The first-order valence-corrected chi connectivity index (χ1v) is 7.78. The number of hydrogen-bond donors (Lipinski definition) is 3. The summed E-state index contributed by atoms with van der Waals surface area (Å²) in [5.74, 6) is -2.92. The summed E-state index contributed by atoms with van der Waals surface area (Å²) in [7, 11) is 0. The molecule has 2 rings (SSSR count). The molecule has 1 aliphatic heterocycles. The monoisotopic (exact) mass is 341 g/mol. The number of amides is 2. The van der Waals surface area contributed by atoms with E-state index < -0.39 is 28.5 Å². The van der Waals surface area contributed by atoms with E-state index in [9.17, 15) is 18.4 Å². The van der Waals surface area contributed by atoms with Gasteiger partial charge in [0.15, 0.2) is 0 Å². The van der Waals surface area contributed by atoms with Crippen molar-refractivity contribution in [2.45, 2.75) is 12.8 Å². The smallest absolute Gasteiger partial charge is 0.257 e. The zero-order chi connectivity index (χ0) is 17.6. The van der Waals surface area contributed by atoms with Gasteiger partial charge in [0.2, 0.25) is 5.91 Å². The number of carbonyl (C=O) groups excluding carboxylic acids is 2. The average molecular weight is 341 g/mol. The van der Waals surface area contributed by atoms with Crippen LogP contribution in [0.5, 0.6) is 0 Å². The predicted molar refractivity (Wildman–Crippen MR) is 83.2 cm³/mol. The third kappa shape index (κ3) is 4.07. The van der Waals surface area contributed by atoms with Gasteiger partial charge in [-0.2, -0.15) is 0 Å². The van der Waals surface area contributed by atoms with E-state index in [0.717, 1.165) is 12.1 Å².